The van der Waals surface area contributed by atoms with Crippen molar-refractivity contribution >= 4 is 11.9 Å². The van der Waals surface area contributed by atoms with E-state index in [2.05, 4.69) is 39.9 Å². The summed E-state index contributed by atoms with van der Waals surface area (Å²) in [5, 5.41) is 143. The van der Waals surface area contributed by atoms with Crippen molar-refractivity contribution in [2.45, 2.75) is 49.8 Å². The number of hydrogen-bond acceptors (Lipinski definition) is 26. The molecule has 42 heteroatoms. The molecule has 4 radical (unpaired) electrons. The summed E-state index contributed by atoms with van der Waals surface area (Å²) in [6.45, 7) is 3.07. The minimum atomic E-state index is -2.64. The molecule has 8 rings (SSSR count). The van der Waals surface area contributed by atoms with Crippen LogP contribution < -0.4 is 51.1 Å². The zero-order valence-electron chi connectivity index (χ0n) is 46.2. The topological polar surface area (TPSA) is 728 Å². The first kappa shape index (κ1) is 120. The van der Waals surface area contributed by atoms with Crippen molar-refractivity contribution in [1.29, 1.82) is 0 Å². The second-order valence-electron chi connectivity index (χ2n) is 14.1. The van der Waals surface area contributed by atoms with E-state index in [0.29, 0.717) is 0 Å². The van der Waals surface area contributed by atoms with E-state index in [1.54, 1.807) is 97.1 Å². The standard InChI is InChI=1S/4C11H8N2O2.2C3H6O2.4Mn.2NO3.8O.2Tb/c4*14-11(15,9-5-1-3-7-12-9)10-6-2-4-8-13-10;2*1-2-3(4)5;;;;;2*2-1(3)4;;;;;;;;;;/h4*1-8H;2*2H2,1H3,(H,4,5);;;;;;;;;;;;;;;;/q4*-2;;;;;;;2*-1;8*-2;2*+3/p-2. The summed E-state index contributed by atoms with van der Waals surface area (Å²) in [5.74, 6) is -12.5. The molecular formula is C50H42Mn4N10O26Tb2-22. The molecule has 0 aliphatic heterocycles. The minimum Gasteiger partial charge on any atom is -2.00 e. The molecule has 516 valence electrons. The maximum atomic E-state index is 11.8. The van der Waals surface area contributed by atoms with Crippen LogP contribution in [0.4, 0.5) is 0 Å². The van der Waals surface area contributed by atoms with Gasteiger partial charge in [0.25, 0.3) is 0 Å². The van der Waals surface area contributed by atoms with Crippen LogP contribution in [-0.4, -0.2) is 62.0 Å². The van der Waals surface area contributed by atoms with Gasteiger partial charge in [-0.05, 0) is 110 Å². The molecule has 0 aliphatic rings. The second-order valence-corrected chi connectivity index (χ2v) is 14.1. The van der Waals surface area contributed by atoms with Gasteiger partial charge in [-0.15, -0.1) is 23.1 Å². The van der Waals surface area contributed by atoms with E-state index in [1.165, 1.54) is 112 Å². The van der Waals surface area contributed by atoms with Crippen LogP contribution in [-0.2, 0) is 145 Å². The summed E-state index contributed by atoms with van der Waals surface area (Å²) in [6.07, 6.45) is 11.6. The Balaban J connectivity index is -0.0000000644. The Bertz CT molecular complexity index is 2400. The maximum absolute atomic E-state index is 11.8. The average molecular weight is 1740 g/mol. The van der Waals surface area contributed by atoms with Gasteiger partial charge >= 0.3 is 77.2 Å². The van der Waals surface area contributed by atoms with E-state index in [1.807, 2.05) is 0 Å². The Morgan fingerprint density at radius 1 is 0.304 bits per heavy atom. The normalized spacial score (nSPS) is 8.72. The minimum absolute atomic E-state index is 0. The van der Waals surface area contributed by atoms with Crippen molar-refractivity contribution in [2.75, 3.05) is 0 Å². The van der Waals surface area contributed by atoms with E-state index >= 15 is 0 Å². The third-order valence-corrected chi connectivity index (χ3v) is 8.59. The number of carboxylic acid groups (broad SMARTS) is 2. The molecule has 0 amide bonds. The van der Waals surface area contributed by atoms with E-state index in [0.717, 1.165) is 0 Å². The molecule has 0 unspecified atom stereocenters. The van der Waals surface area contributed by atoms with E-state index in [-0.39, 0.29) is 248 Å². The number of carbonyl (C=O) groups is 2. The Kier molecular flexibility index (Phi) is 85.8. The van der Waals surface area contributed by atoms with Gasteiger partial charge in [0.1, 0.15) is 0 Å². The molecule has 0 saturated heterocycles. The van der Waals surface area contributed by atoms with Crippen LogP contribution >= 0.6 is 0 Å². The van der Waals surface area contributed by atoms with Crippen molar-refractivity contribution in [3.63, 3.8) is 0 Å². The fourth-order valence-corrected chi connectivity index (χ4v) is 4.98. The summed E-state index contributed by atoms with van der Waals surface area (Å²) in [4.78, 5) is 65.1. The first-order valence-corrected chi connectivity index (χ1v) is 21.8. The third kappa shape index (κ3) is 48.3. The smallest absolute Gasteiger partial charge is 2.00 e. The van der Waals surface area contributed by atoms with Gasteiger partial charge in [-0.2, -0.15) is 0 Å². The number of aliphatic carboxylic acids is 2. The van der Waals surface area contributed by atoms with Crippen LogP contribution in [0.1, 0.15) is 72.2 Å². The van der Waals surface area contributed by atoms with Gasteiger partial charge in [-0.3, -0.25) is 39.9 Å². The molecule has 0 fully saturated rings. The molecule has 8 aromatic rings. The van der Waals surface area contributed by atoms with Crippen molar-refractivity contribution in [2.24, 2.45) is 0 Å². The monoisotopic (exact) mass is 1740 g/mol. The molecule has 0 aromatic carbocycles. The van der Waals surface area contributed by atoms with Crippen LogP contribution in [0.3, 0.4) is 0 Å². The summed E-state index contributed by atoms with van der Waals surface area (Å²) < 4.78 is 0. The van der Waals surface area contributed by atoms with E-state index in [4.69, 9.17) is 30.6 Å². The van der Waals surface area contributed by atoms with Crippen molar-refractivity contribution < 1.29 is 260 Å². The molecule has 0 saturated carbocycles. The largest absolute Gasteiger partial charge is 3.00 e. The Morgan fingerprint density at radius 3 is 0.446 bits per heavy atom. The van der Waals surface area contributed by atoms with Crippen LogP contribution in [0.2, 0.25) is 0 Å². The number of rotatable bonds is 10. The zero-order chi connectivity index (χ0) is 58.6. The third-order valence-electron chi connectivity index (χ3n) is 8.59. The zero-order valence-corrected chi connectivity index (χ0v) is 55.2. The fourth-order valence-electron chi connectivity index (χ4n) is 4.98. The van der Waals surface area contributed by atoms with Crippen molar-refractivity contribution in [3.8, 4) is 0 Å². The predicted octanol–water partition coefficient (Wildman–Crippen LogP) is -5.55. The Labute approximate surface area is 626 Å². The van der Waals surface area contributed by atoms with Crippen molar-refractivity contribution in [1.82, 2.24) is 39.9 Å². The quantitative estimate of drug-likeness (QED) is 0.0533. The first-order valence-electron chi connectivity index (χ1n) is 21.8. The van der Waals surface area contributed by atoms with Gasteiger partial charge in [0.2, 0.25) is 0 Å². The molecule has 92 heavy (non-hydrogen) atoms. The number of nitrogens with zero attached hydrogens (tertiary/aromatic N) is 10. The molecule has 8 aromatic heterocycles. The van der Waals surface area contributed by atoms with E-state index < -0.39 is 45.3 Å². The van der Waals surface area contributed by atoms with Gasteiger partial charge in [-0.25, -0.2) is 0 Å². The Hall–Kier alpha value is -5.45. The van der Waals surface area contributed by atoms with E-state index in [9.17, 15) is 60.7 Å². The summed E-state index contributed by atoms with van der Waals surface area (Å²) >= 11 is 0. The maximum Gasteiger partial charge on any atom is 3.00 e. The molecule has 36 nitrogen and oxygen atoms in total. The molecule has 0 bridgehead atoms. The van der Waals surface area contributed by atoms with Crippen LogP contribution in [0.25, 0.3) is 0 Å². The van der Waals surface area contributed by atoms with Crippen LogP contribution in [0.15, 0.2) is 195 Å². The molecule has 0 atom stereocenters. The number of pyridine rings is 8. The predicted molar refractivity (Wildman–Crippen MR) is 254 cm³/mol. The number of carbonyl (C=O) groups excluding carboxylic acids is 2. The van der Waals surface area contributed by atoms with Gasteiger partial charge in [0, 0.05) is 175 Å². The Morgan fingerprint density at radius 2 is 0.391 bits per heavy atom. The molecule has 0 spiro atoms. The van der Waals surface area contributed by atoms with Gasteiger partial charge in [0.05, 0.1) is 10.2 Å². The van der Waals surface area contributed by atoms with Crippen molar-refractivity contribution in [3.05, 3.63) is 271 Å². The second kappa shape index (κ2) is 65.6. The number of carboxylic acids is 2. The SMILES string of the molecule is CCC(=O)[O-].CCC(=O)[O-].O=[N+]([O-])[O-].O=[N+]([O-])[O-].[Mn].[Mn].[Mn].[Mn].[O-2].[O-2].[O-2].[O-2].[O-2].[O-2].[O-2].[O-2].[O-]C([O-])(c1ccccn1)c1ccccn1.[O-]C([O-])(c1ccccn1)c1ccccn1.[O-]C([O-])(c1ccccn1)c1ccccn1.[O-]C([O-])(c1ccccn1)c1ccccn1.[Tb+3].[Tb+3]. The average Bonchev–Trinajstić information content (AvgIpc) is 3.45. The van der Waals surface area contributed by atoms with Gasteiger partial charge in [-0.1, -0.05) is 62.4 Å². The first-order chi connectivity index (χ1) is 36.8. The van der Waals surface area contributed by atoms with Crippen LogP contribution in [0.5, 0.6) is 0 Å². The fraction of sp³-hybridized carbons (Fsp3) is 0.160. The van der Waals surface area contributed by atoms with Gasteiger partial charge < -0.3 is 135 Å². The summed E-state index contributed by atoms with van der Waals surface area (Å²) in [5.41, 5.74) is -0.528. The molecule has 8 heterocycles. The van der Waals surface area contributed by atoms with Crippen LogP contribution in [0, 0.1) is 108 Å². The van der Waals surface area contributed by atoms with Gasteiger partial charge in [0.15, 0.2) is 0 Å². The molecule has 0 N–H and O–H groups in total. The molecular weight excluding hydrogens is 1690 g/mol. The number of hydrogen-bond donors (Lipinski definition) is 0. The number of aromatic nitrogens is 8. The summed E-state index contributed by atoms with van der Waals surface area (Å²) in [7, 11) is 0. The summed E-state index contributed by atoms with van der Waals surface area (Å²) in [6, 6.07) is 37.4. The molecule has 0 aliphatic carbocycles.